The molecule has 0 spiro atoms. The van der Waals surface area contributed by atoms with Gasteiger partial charge in [-0.15, -0.1) is 0 Å². The average molecular weight is 213 g/mol. The van der Waals surface area contributed by atoms with Gasteiger partial charge < -0.3 is 10.4 Å². The first-order chi connectivity index (χ1) is 7.17. The number of hydrogen-bond donors (Lipinski definition) is 2. The third-order valence-electron chi connectivity index (χ3n) is 3.88. The first-order valence-electron chi connectivity index (χ1n) is 6.54. The average Bonchev–Trinajstić information content (AvgIpc) is 2.26. The van der Waals surface area contributed by atoms with Crippen LogP contribution in [0.5, 0.6) is 0 Å². The van der Waals surface area contributed by atoms with Gasteiger partial charge in [-0.1, -0.05) is 27.2 Å². The maximum Gasteiger partial charge on any atom is 0.0587 e. The van der Waals surface area contributed by atoms with E-state index in [2.05, 4.69) is 26.1 Å². The highest BCUT2D eigenvalue weighted by Gasteiger charge is 2.22. The highest BCUT2D eigenvalue weighted by molar-refractivity contribution is 4.81. The molecule has 1 saturated carbocycles. The molecule has 90 valence electrons. The number of nitrogens with one attached hydrogen (secondary N) is 1. The molecule has 0 saturated heterocycles. The molecular formula is C13H27NO. The molecular weight excluding hydrogens is 186 g/mol. The van der Waals surface area contributed by atoms with E-state index in [1.807, 2.05) is 0 Å². The third-order valence-corrected chi connectivity index (χ3v) is 3.88. The van der Waals surface area contributed by atoms with E-state index >= 15 is 0 Å². The van der Waals surface area contributed by atoms with E-state index in [4.69, 9.17) is 0 Å². The highest BCUT2D eigenvalue weighted by atomic mass is 16.3. The number of aliphatic hydroxyl groups excluding tert-OH is 1. The topological polar surface area (TPSA) is 32.3 Å². The lowest BCUT2D eigenvalue weighted by Gasteiger charge is -2.32. The third kappa shape index (κ3) is 4.12. The van der Waals surface area contributed by atoms with Gasteiger partial charge in [0, 0.05) is 12.1 Å². The molecule has 0 aromatic heterocycles. The van der Waals surface area contributed by atoms with E-state index in [1.54, 1.807) is 0 Å². The van der Waals surface area contributed by atoms with E-state index in [0.717, 1.165) is 5.92 Å². The lowest BCUT2D eigenvalue weighted by atomic mass is 9.84. The summed E-state index contributed by atoms with van der Waals surface area (Å²) in [7, 11) is 0. The highest BCUT2D eigenvalue weighted by Crippen LogP contribution is 2.26. The van der Waals surface area contributed by atoms with Crippen LogP contribution in [0.2, 0.25) is 0 Å². The summed E-state index contributed by atoms with van der Waals surface area (Å²) in [6, 6.07) is 0.931. The van der Waals surface area contributed by atoms with Gasteiger partial charge in [0.2, 0.25) is 0 Å². The minimum absolute atomic E-state index is 0.269. The quantitative estimate of drug-likeness (QED) is 0.735. The summed E-state index contributed by atoms with van der Waals surface area (Å²) in [4.78, 5) is 0. The molecule has 2 N–H and O–H groups in total. The van der Waals surface area contributed by atoms with Crippen molar-refractivity contribution in [1.82, 2.24) is 5.32 Å². The summed E-state index contributed by atoms with van der Waals surface area (Å²) in [5, 5.41) is 12.9. The maximum atomic E-state index is 9.26. The summed E-state index contributed by atoms with van der Waals surface area (Å²) in [6.45, 7) is 6.91. The second kappa shape index (κ2) is 6.49. The van der Waals surface area contributed by atoms with Crippen molar-refractivity contribution in [2.75, 3.05) is 6.61 Å². The molecule has 1 aliphatic carbocycles. The Balaban J connectivity index is 2.28. The van der Waals surface area contributed by atoms with Crippen LogP contribution in [0.3, 0.4) is 0 Å². The smallest absolute Gasteiger partial charge is 0.0587 e. The Kier molecular flexibility index (Phi) is 5.62. The van der Waals surface area contributed by atoms with Gasteiger partial charge in [-0.25, -0.2) is 0 Å². The van der Waals surface area contributed by atoms with Crippen molar-refractivity contribution in [3.63, 3.8) is 0 Å². The lowest BCUT2D eigenvalue weighted by molar-refractivity contribution is 0.178. The summed E-state index contributed by atoms with van der Waals surface area (Å²) in [5.74, 6) is 1.48. The molecule has 1 rings (SSSR count). The molecule has 15 heavy (non-hydrogen) atoms. The van der Waals surface area contributed by atoms with E-state index in [0.29, 0.717) is 12.0 Å². The monoisotopic (exact) mass is 213 g/mol. The van der Waals surface area contributed by atoms with Gasteiger partial charge in [-0.3, -0.25) is 0 Å². The predicted molar refractivity (Wildman–Crippen MR) is 64.9 cm³/mol. The van der Waals surface area contributed by atoms with Crippen LogP contribution >= 0.6 is 0 Å². The van der Waals surface area contributed by atoms with Crippen LogP contribution in [0.25, 0.3) is 0 Å². The van der Waals surface area contributed by atoms with Crippen LogP contribution in [-0.4, -0.2) is 23.8 Å². The molecule has 0 aliphatic heterocycles. The molecule has 0 bridgehead atoms. The van der Waals surface area contributed by atoms with Gasteiger partial charge in [0.15, 0.2) is 0 Å². The molecule has 1 atom stereocenters. The lowest BCUT2D eigenvalue weighted by Crippen LogP contribution is -2.45. The molecule has 0 amide bonds. The Morgan fingerprint density at radius 2 is 1.80 bits per heavy atom. The van der Waals surface area contributed by atoms with Gasteiger partial charge in [0.05, 0.1) is 6.61 Å². The van der Waals surface area contributed by atoms with Crippen LogP contribution in [0.1, 0.15) is 52.9 Å². The van der Waals surface area contributed by atoms with Crippen LogP contribution in [0.15, 0.2) is 0 Å². The Morgan fingerprint density at radius 1 is 1.20 bits per heavy atom. The summed E-state index contributed by atoms with van der Waals surface area (Å²) < 4.78 is 0. The molecule has 0 heterocycles. The maximum absolute atomic E-state index is 9.26. The van der Waals surface area contributed by atoms with Gasteiger partial charge in [-0.05, 0) is 37.5 Å². The van der Waals surface area contributed by atoms with Crippen molar-refractivity contribution in [3.8, 4) is 0 Å². The summed E-state index contributed by atoms with van der Waals surface area (Å²) in [5.41, 5.74) is 0. The Hall–Kier alpha value is -0.0800. The van der Waals surface area contributed by atoms with E-state index < -0.39 is 0 Å². The van der Waals surface area contributed by atoms with Crippen molar-refractivity contribution in [1.29, 1.82) is 0 Å². The fourth-order valence-corrected chi connectivity index (χ4v) is 2.50. The second-order valence-electron chi connectivity index (χ2n) is 5.33. The minimum Gasteiger partial charge on any atom is -0.395 e. The van der Waals surface area contributed by atoms with E-state index in [1.165, 1.54) is 32.1 Å². The first kappa shape index (κ1) is 13.0. The Morgan fingerprint density at radius 3 is 2.20 bits per heavy atom. The number of hydrogen-bond acceptors (Lipinski definition) is 2. The van der Waals surface area contributed by atoms with Crippen LogP contribution in [0, 0.1) is 11.8 Å². The minimum atomic E-state index is 0.269. The molecule has 0 unspecified atom stereocenters. The molecule has 0 aromatic rings. The van der Waals surface area contributed by atoms with Crippen molar-refractivity contribution in [2.24, 2.45) is 11.8 Å². The van der Waals surface area contributed by atoms with Crippen molar-refractivity contribution >= 4 is 0 Å². The van der Waals surface area contributed by atoms with Crippen LogP contribution < -0.4 is 5.32 Å². The SMILES string of the molecule is CCC1CCC(N[C@H](CO)C(C)C)CC1. The fourth-order valence-electron chi connectivity index (χ4n) is 2.50. The first-order valence-corrected chi connectivity index (χ1v) is 6.54. The zero-order valence-corrected chi connectivity index (χ0v) is 10.5. The van der Waals surface area contributed by atoms with Crippen LogP contribution in [0.4, 0.5) is 0 Å². The molecule has 0 aromatic carbocycles. The Labute approximate surface area is 94.5 Å². The van der Waals surface area contributed by atoms with E-state index in [9.17, 15) is 5.11 Å². The largest absolute Gasteiger partial charge is 0.395 e. The van der Waals surface area contributed by atoms with E-state index in [-0.39, 0.29) is 12.6 Å². The molecule has 2 nitrogen and oxygen atoms in total. The Bertz CT molecular complexity index is 162. The van der Waals surface area contributed by atoms with Crippen molar-refractivity contribution in [3.05, 3.63) is 0 Å². The number of aliphatic hydroxyl groups is 1. The van der Waals surface area contributed by atoms with Crippen LogP contribution in [-0.2, 0) is 0 Å². The van der Waals surface area contributed by atoms with Gasteiger partial charge in [0.25, 0.3) is 0 Å². The molecule has 2 heteroatoms. The molecule has 1 fully saturated rings. The normalized spacial score (nSPS) is 29.4. The summed E-state index contributed by atoms with van der Waals surface area (Å²) in [6.07, 6.45) is 6.65. The standard InChI is InChI=1S/C13H27NO/c1-4-11-5-7-12(8-6-11)14-13(9-15)10(2)3/h10-15H,4-9H2,1-3H3/t11?,12?,13-/m1/s1. The molecule has 0 radical (unpaired) electrons. The molecule has 1 aliphatic rings. The van der Waals surface area contributed by atoms with Crippen molar-refractivity contribution in [2.45, 2.75) is 65.0 Å². The zero-order valence-electron chi connectivity index (χ0n) is 10.5. The van der Waals surface area contributed by atoms with Gasteiger partial charge >= 0.3 is 0 Å². The zero-order chi connectivity index (χ0) is 11.3. The number of rotatable bonds is 5. The summed E-state index contributed by atoms with van der Waals surface area (Å²) >= 11 is 0. The predicted octanol–water partition coefficient (Wildman–Crippen LogP) is 2.56. The fraction of sp³-hybridized carbons (Fsp3) is 1.00. The van der Waals surface area contributed by atoms with Gasteiger partial charge in [0.1, 0.15) is 0 Å². The van der Waals surface area contributed by atoms with Crippen molar-refractivity contribution < 1.29 is 5.11 Å². The second-order valence-corrected chi connectivity index (χ2v) is 5.33. The van der Waals surface area contributed by atoms with Gasteiger partial charge in [-0.2, -0.15) is 0 Å².